The lowest BCUT2D eigenvalue weighted by Gasteiger charge is -2.30. The average molecular weight is 304 g/mol. The molecule has 1 aliphatic heterocycles. The molecule has 1 aromatic rings. The Balaban J connectivity index is 2.18. The van der Waals surface area contributed by atoms with Crippen LogP contribution in [0.3, 0.4) is 0 Å². The predicted molar refractivity (Wildman–Crippen MR) is 69.4 cm³/mol. The van der Waals surface area contributed by atoms with Crippen molar-refractivity contribution in [2.45, 2.75) is 38.0 Å². The lowest BCUT2D eigenvalue weighted by molar-refractivity contribution is -0.137. The molecule has 0 aliphatic carbocycles. The van der Waals surface area contributed by atoms with Gasteiger partial charge >= 0.3 is 6.18 Å². The molecule has 0 unspecified atom stereocenters. The van der Waals surface area contributed by atoms with E-state index in [4.69, 9.17) is 0 Å². The Morgan fingerprint density at radius 2 is 2.10 bits per heavy atom. The summed E-state index contributed by atoms with van der Waals surface area (Å²) in [5.74, 6) is -1.78. The molecular formula is C14H16F4N2O. The van der Waals surface area contributed by atoms with Crippen molar-refractivity contribution in [3.05, 3.63) is 35.1 Å². The molecule has 1 aliphatic rings. The van der Waals surface area contributed by atoms with E-state index in [0.717, 1.165) is 13.0 Å². The average Bonchev–Trinajstić information content (AvgIpc) is 2.40. The van der Waals surface area contributed by atoms with Gasteiger partial charge in [0.05, 0.1) is 11.1 Å². The van der Waals surface area contributed by atoms with E-state index in [1.807, 2.05) is 6.92 Å². The minimum Gasteiger partial charge on any atom is -0.348 e. The minimum atomic E-state index is -4.61. The summed E-state index contributed by atoms with van der Waals surface area (Å²) >= 11 is 0. The lowest BCUT2D eigenvalue weighted by Crippen LogP contribution is -2.52. The number of benzene rings is 1. The summed E-state index contributed by atoms with van der Waals surface area (Å²) in [7, 11) is 0. The number of halogens is 4. The molecule has 3 nitrogen and oxygen atoms in total. The molecule has 2 rings (SSSR count). The summed E-state index contributed by atoms with van der Waals surface area (Å²) in [6.45, 7) is 2.69. The number of hydrogen-bond donors (Lipinski definition) is 2. The summed E-state index contributed by atoms with van der Waals surface area (Å²) < 4.78 is 51.5. The van der Waals surface area contributed by atoms with Crippen LogP contribution >= 0.6 is 0 Å². The third kappa shape index (κ3) is 3.72. The zero-order chi connectivity index (χ0) is 15.6. The number of alkyl halides is 3. The van der Waals surface area contributed by atoms with Gasteiger partial charge in [-0.2, -0.15) is 13.2 Å². The van der Waals surface area contributed by atoms with E-state index in [9.17, 15) is 22.4 Å². The first-order chi connectivity index (χ1) is 9.79. The third-order valence-electron chi connectivity index (χ3n) is 3.62. The highest BCUT2D eigenvalue weighted by molar-refractivity contribution is 5.95. The number of piperidine rings is 1. The Labute approximate surface area is 119 Å². The van der Waals surface area contributed by atoms with Crippen LogP contribution in [0.2, 0.25) is 0 Å². The van der Waals surface area contributed by atoms with Crippen molar-refractivity contribution in [3.63, 3.8) is 0 Å². The van der Waals surface area contributed by atoms with Gasteiger partial charge in [-0.05, 0) is 44.5 Å². The van der Waals surface area contributed by atoms with E-state index < -0.39 is 29.0 Å². The smallest absolute Gasteiger partial charge is 0.348 e. The van der Waals surface area contributed by atoms with Crippen LogP contribution in [0.1, 0.15) is 35.7 Å². The van der Waals surface area contributed by atoms with Crippen molar-refractivity contribution >= 4 is 5.91 Å². The van der Waals surface area contributed by atoms with Gasteiger partial charge < -0.3 is 10.6 Å². The van der Waals surface area contributed by atoms with Gasteiger partial charge in [-0.1, -0.05) is 0 Å². The number of carbonyl (C=O) groups excluding carboxylic acids is 1. The molecule has 0 radical (unpaired) electrons. The molecule has 116 valence electrons. The second kappa shape index (κ2) is 6.01. The highest BCUT2D eigenvalue weighted by Gasteiger charge is 2.32. The van der Waals surface area contributed by atoms with E-state index in [-0.39, 0.29) is 12.1 Å². The van der Waals surface area contributed by atoms with Crippen LogP contribution in [0, 0.1) is 5.82 Å². The number of hydrogen-bond acceptors (Lipinski definition) is 2. The molecule has 1 fully saturated rings. The van der Waals surface area contributed by atoms with Gasteiger partial charge in [0.25, 0.3) is 5.91 Å². The van der Waals surface area contributed by atoms with Crippen LogP contribution in [-0.4, -0.2) is 24.5 Å². The van der Waals surface area contributed by atoms with E-state index in [1.54, 1.807) is 0 Å². The first-order valence-electron chi connectivity index (χ1n) is 6.70. The predicted octanol–water partition coefficient (Wildman–Crippen LogP) is 2.71. The second-order valence-corrected chi connectivity index (χ2v) is 5.16. The molecule has 0 saturated carbocycles. The summed E-state index contributed by atoms with van der Waals surface area (Å²) in [6.07, 6.45) is -3.05. The molecule has 2 atom stereocenters. The van der Waals surface area contributed by atoms with E-state index >= 15 is 0 Å². The van der Waals surface area contributed by atoms with Gasteiger partial charge in [0.15, 0.2) is 0 Å². The Morgan fingerprint density at radius 3 is 2.71 bits per heavy atom. The fraction of sp³-hybridized carbons (Fsp3) is 0.500. The fourth-order valence-electron chi connectivity index (χ4n) is 2.36. The molecule has 2 N–H and O–H groups in total. The first-order valence-corrected chi connectivity index (χ1v) is 6.70. The SMILES string of the molecule is C[C@H]1NCCC[C@@H]1NC(=O)c1cc(C(F)(F)F)ccc1F. The molecule has 1 heterocycles. The lowest BCUT2D eigenvalue weighted by atomic mass is 9.99. The molecule has 1 saturated heterocycles. The Hall–Kier alpha value is -1.63. The van der Waals surface area contributed by atoms with Gasteiger partial charge in [-0.3, -0.25) is 4.79 Å². The summed E-state index contributed by atoms with van der Waals surface area (Å²) in [5, 5.41) is 5.75. The number of rotatable bonds is 2. The molecule has 21 heavy (non-hydrogen) atoms. The minimum absolute atomic E-state index is 0.00319. The third-order valence-corrected chi connectivity index (χ3v) is 3.62. The number of nitrogens with one attached hydrogen (secondary N) is 2. The van der Waals surface area contributed by atoms with Crippen LogP contribution in [0.25, 0.3) is 0 Å². The highest BCUT2D eigenvalue weighted by Crippen LogP contribution is 2.30. The van der Waals surface area contributed by atoms with Crippen molar-refractivity contribution in [2.75, 3.05) is 6.54 Å². The summed E-state index contributed by atoms with van der Waals surface area (Å²) in [4.78, 5) is 12.0. The molecule has 7 heteroatoms. The second-order valence-electron chi connectivity index (χ2n) is 5.16. The Morgan fingerprint density at radius 1 is 1.38 bits per heavy atom. The van der Waals surface area contributed by atoms with Crippen molar-refractivity contribution in [3.8, 4) is 0 Å². The molecule has 1 amide bonds. The van der Waals surface area contributed by atoms with Crippen LogP contribution in [0.15, 0.2) is 18.2 Å². The van der Waals surface area contributed by atoms with Gasteiger partial charge in [-0.25, -0.2) is 4.39 Å². The van der Waals surface area contributed by atoms with Gasteiger partial charge in [0.2, 0.25) is 0 Å². The van der Waals surface area contributed by atoms with Crippen molar-refractivity contribution < 1.29 is 22.4 Å². The zero-order valence-electron chi connectivity index (χ0n) is 11.4. The topological polar surface area (TPSA) is 41.1 Å². The number of amides is 1. The monoisotopic (exact) mass is 304 g/mol. The molecular weight excluding hydrogens is 288 g/mol. The van der Waals surface area contributed by atoms with E-state index in [2.05, 4.69) is 10.6 Å². The molecule has 0 aromatic heterocycles. The molecule has 0 spiro atoms. The maximum Gasteiger partial charge on any atom is 0.416 e. The van der Waals surface area contributed by atoms with Gasteiger partial charge in [0.1, 0.15) is 5.82 Å². The van der Waals surface area contributed by atoms with Crippen molar-refractivity contribution in [2.24, 2.45) is 0 Å². The summed E-state index contributed by atoms with van der Waals surface area (Å²) in [5.41, 5.74) is -1.62. The molecule has 0 bridgehead atoms. The maximum absolute atomic E-state index is 13.6. The Bertz CT molecular complexity index is 530. The quantitative estimate of drug-likeness (QED) is 0.825. The van der Waals surface area contributed by atoms with Gasteiger partial charge in [0, 0.05) is 12.1 Å². The molecule has 1 aromatic carbocycles. The van der Waals surface area contributed by atoms with Crippen LogP contribution in [-0.2, 0) is 6.18 Å². The van der Waals surface area contributed by atoms with Crippen LogP contribution in [0.5, 0.6) is 0 Å². The first kappa shape index (κ1) is 15.8. The maximum atomic E-state index is 13.6. The largest absolute Gasteiger partial charge is 0.416 e. The van der Waals surface area contributed by atoms with Gasteiger partial charge in [-0.15, -0.1) is 0 Å². The standard InChI is InChI=1S/C14H16F4N2O/c1-8-12(3-2-6-19-8)20-13(21)10-7-9(14(16,17)18)4-5-11(10)15/h4-5,7-8,12,19H,2-3,6H2,1H3,(H,20,21)/t8-,12+/m1/s1. The van der Waals surface area contributed by atoms with Crippen LogP contribution < -0.4 is 10.6 Å². The normalized spacial score (nSPS) is 22.9. The van der Waals surface area contributed by atoms with E-state index in [1.165, 1.54) is 0 Å². The highest BCUT2D eigenvalue weighted by atomic mass is 19.4. The van der Waals surface area contributed by atoms with E-state index in [0.29, 0.717) is 24.6 Å². The van der Waals surface area contributed by atoms with Crippen molar-refractivity contribution in [1.82, 2.24) is 10.6 Å². The number of carbonyl (C=O) groups is 1. The fourth-order valence-corrected chi connectivity index (χ4v) is 2.36. The van der Waals surface area contributed by atoms with Crippen LogP contribution in [0.4, 0.5) is 17.6 Å². The Kier molecular flexibility index (Phi) is 4.51. The summed E-state index contributed by atoms with van der Waals surface area (Å²) in [6, 6.07) is 1.61. The zero-order valence-corrected chi connectivity index (χ0v) is 11.4. The van der Waals surface area contributed by atoms with Crippen molar-refractivity contribution in [1.29, 1.82) is 0 Å².